The molecule has 1 N–H and O–H groups in total. The number of nitrogens with zero attached hydrogens (tertiary/aromatic N) is 2. The Morgan fingerprint density at radius 2 is 1.97 bits per heavy atom. The first-order valence-corrected chi connectivity index (χ1v) is 10.3. The summed E-state index contributed by atoms with van der Waals surface area (Å²) in [5.41, 5.74) is 5.33. The molecule has 1 heterocycles. The van der Waals surface area contributed by atoms with Crippen LogP contribution in [-0.4, -0.2) is 17.1 Å². The average molecular weight is 434 g/mol. The van der Waals surface area contributed by atoms with Crippen molar-refractivity contribution in [2.75, 3.05) is 11.9 Å². The number of aryl methyl sites for hydroxylation is 2. The molecule has 0 aliphatic carbocycles. The van der Waals surface area contributed by atoms with Crippen LogP contribution in [0.1, 0.15) is 29.4 Å². The maximum Gasteiger partial charge on any atom is 0.266 e. The van der Waals surface area contributed by atoms with Gasteiger partial charge in [-0.25, -0.2) is 0 Å². The van der Waals surface area contributed by atoms with Crippen molar-refractivity contribution in [3.8, 4) is 17.5 Å². The molecule has 0 aliphatic rings. The Labute approximate surface area is 187 Å². The Balaban J connectivity index is 1.93. The molecule has 6 heteroatoms. The molecule has 0 saturated carbocycles. The standard InChI is InChI=1S/C25H24ClN3O2/c1-5-31-23-8-6-7-22(14-23)28-25(30)20(15-27)12-19-11-17(3)29(18(19)4)24-13-21(26)10-9-16(24)2/h6-14H,5H2,1-4H3,(H,28,30)/b20-12-. The number of nitriles is 1. The number of carbonyl (C=O) groups is 1. The fraction of sp³-hybridized carbons (Fsp3) is 0.200. The Kier molecular flexibility index (Phi) is 6.84. The Morgan fingerprint density at radius 1 is 1.19 bits per heavy atom. The van der Waals surface area contributed by atoms with Crippen molar-refractivity contribution in [1.82, 2.24) is 4.57 Å². The van der Waals surface area contributed by atoms with E-state index in [0.29, 0.717) is 23.1 Å². The van der Waals surface area contributed by atoms with Gasteiger partial charge in [-0.2, -0.15) is 5.26 Å². The number of ether oxygens (including phenoxy) is 1. The van der Waals surface area contributed by atoms with Crippen molar-refractivity contribution in [3.63, 3.8) is 0 Å². The van der Waals surface area contributed by atoms with Gasteiger partial charge in [0.1, 0.15) is 17.4 Å². The average Bonchev–Trinajstić information content (AvgIpc) is 3.01. The summed E-state index contributed by atoms with van der Waals surface area (Å²) in [4.78, 5) is 12.7. The molecular formula is C25H24ClN3O2. The number of benzene rings is 2. The lowest BCUT2D eigenvalue weighted by molar-refractivity contribution is -0.112. The van der Waals surface area contributed by atoms with E-state index in [1.54, 1.807) is 24.3 Å². The van der Waals surface area contributed by atoms with E-state index in [1.165, 1.54) is 0 Å². The highest BCUT2D eigenvalue weighted by Crippen LogP contribution is 2.27. The molecule has 1 amide bonds. The van der Waals surface area contributed by atoms with Crippen molar-refractivity contribution >= 4 is 29.3 Å². The summed E-state index contributed by atoms with van der Waals surface area (Å²) in [6.07, 6.45) is 1.61. The minimum Gasteiger partial charge on any atom is -0.494 e. The van der Waals surface area contributed by atoms with Gasteiger partial charge in [0, 0.05) is 33.9 Å². The lowest BCUT2D eigenvalue weighted by Gasteiger charge is -2.13. The summed E-state index contributed by atoms with van der Waals surface area (Å²) in [5.74, 6) is 0.183. The number of anilines is 1. The van der Waals surface area contributed by atoms with E-state index in [1.807, 2.05) is 64.1 Å². The summed E-state index contributed by atoms with van der Waals surface area (Å²) >= 11 is 6.20. The molecule has 0 fully saturated rings. The van der Waals surface area contributed by atoms with Crippen molar-refractivity contribution in [2.45, 2.75) is 27.7 Å². The molecule has 0 radical (unpaired) electrons. The van der Waals surface area contributed by atoms with Gasteiger partial charge in [-0.15, -0.1) is 0 Å². The Morgan fingerprint density at radius 3 is 2.68 bits per heavy atom. The van der Waals surface area contributed by atoms with Crippen molar-refractivity contribution in [3.05, 3.63) is 81.6 Å². The Hall–Kier alpha value is -3.49. The van der Waals surface area contributed by atoms with Gasteiger partial charge < -0.3 is 14.6 Å². The normalized spacial score (nSPS) is 11.2. The predicted octanol–water partition coefficient (Wildman–Crippen LogP) is 6.00. The fourth-order valence-corrected chi connectivity index (χ4v) is 3.63. The number of carbonyl (C=O) groups excluding carboxylic acids is 1. The molecule has 0 aliphatic heterocycles. The lowest BCUT2D eigenvalue weighted by atomic mass is 10.1. The SMILES string of the molecule is CCOc1cccc(NC(=O)/C(C#N)=C\c2cc(C)n(-c3cc(Cl)ccc3C)c2C)c1. The van der Waals surface area contributed by atoms with Gasteiger partial charge in [0.25, 0.3) is 5.91 Å². The van der Waals surface area contributed by atoms with E-state index in [0.717, 1.165) is 28.2 Å². The predicted molar refractivity (Wildman–Crippen MR) is 125 cm³/mol. The molecule has 2 aromatic carbocycles. The first kappa shape index (κ1) is 22.2. The third kappa shape index (κ3) is 4.99. The number of amides is 1. The third-order valence-corrected chi connectivity index (χ3v) is 5.19. The van der Waals surface area contributed by atoms with Crippen LogP contribution in [0.25, 0.3) is 11.8 Å². The number of rotatable bonds is 6. The summed E-state index contributed by atoms with van der Waals surface area (Å²) in [5, 5.41) is 13.0. The topological polar surface area (TPSA) is 67.0 Å². The molecule has 5 nitrogen and oxygen atoms in total. The zero-order valence-corrected chi connectivity index (χ0v) is 18.7. The van der Waals surface area contributed by atoms with Gasteiger partial charge in [-0.3, -0.25) is 4.79 Å². The largest absolute Gasteiger partial charge is 0.494 e. The highest BCUT2D eigenvalue weighted by Gasteiger charge is 2.15. The maximum atomic E-state index is 12.7. The minimum atomic E-state index is -0.472. The number of hydrogen-bond donors (Lipinski definition) is 1. The number of aromatic nitrogens is 1. The van der Waals surface area contributed by atoms with Crippen molar-refractivity contribution < 1.29 is 9.53 Å². The smallest absolute Gasteiger partial charge is 0.266 e. The highest BCUT2D eigenvalue weighted by molar-refractivity contribution is 6.30. The molecule has 0 bridgehead atoms. The molecule has 3 rings (SSSR count). The number of nitrogens with one attached hydrogen (secondary N) is 1. The molecule has 31 heavy (non-hydrogen) atoms. The van der Waals surface area contributed by atoms with E-state index in [4.69, 9.17) is 16.3 Å². The quantitative estimate of drug-likeness (QED) is 0.383. The minimum absolute atomic E-state index is 0.0184. The lowest BCUT2D eigenvalue weighted by Crippen LogP contribution is -2.13. The van der Waals surface area contributed by atoms with Crippen LogP contribution in [0.2, 0.25) is 5.02 Å². The highest BCUT2D eigenvalue weighted by atomic mass is 35.5. The summed E-state index contributed by atoms with van der Waals surface area (Å²) in [6.45, 7) is 8.38. The second-order valence-corrected chi connectivity index (χ2v) is 7.61. The van der Waals surface area contributed by atoms with E-state index >= 15 is 0 Å². The van der Waals surface area contributed by atoms with Crippen molar-refractivity contribution in [1.29, 1.82) is 5.26 Å². The summed E-state index contributed by atoms with van der Waals surface area (Å²) < 4.78 is 7.53. The van der Waals surface area contributed by atoms with E-state index in [9.17, 15) is 10.1 Å². The van der Waals surface area contributed by atoms with Crippen molar-refractivity contribution in [2.24, 2.45) is 0 Å². The molecule has 158 valence electrons. The number of halogens is 1. The Bertz CT molecular complexity index is 1200. The second-order valence-electron chi connectivity index (χ2n) is 7.18. The van der Waals surface area contributed by atoms with Crippen LogP contribution in [0.15, 0.2) is 54.1 Å². The second kappa shape index (κ2) is 9.55. The van der Waals surface area contributed by atoms with Crippen LogP contribution >= 0.6 is 11.6 Å². The van der Waals surface area contributed by atoms with E-state index in [-0.39, 0.29) is 5.57 Å². The molecule has 0 unspecified atom stereocenters. The van der Waals surface area contributed by atoms with Gasteiger partial charge in [0.05, 0.1) is 6.61 Å². The van der Waals surface area contributed by atoms with Gasteiger partial charge in [-0.05, 0) is 75.2 Å². The van der Waals surface area contributed by atoms with Crippen LogP contribution in [-0.2, 0) is 4.79 Å². The molecule has 1 aromatic heterocycles. The van der Waals surface area contributed by atoms with Crippen LogP contribution in [0.3, 0.4) is 0 Å². The van der Waals surface area contributed by atoms with Gasteiger partial charge >= 0.3 is 0 Å². The first-order valence-electron chi connectivity index (χ1n) is 9.95. The monoisotopic (exact) mass is 433 g/mol. The van der Waals surface area contributed by atoms with Gasteiger partial charge in [-0.1, -0.05) is 23.7 Å². The van der Waals surface area contributed by atoms with Crippen LogP contribution < -0.4 is 10.1 Å². The zero-order chi connectivity index (χ0) is 22.5. The van der Waals surface area contributed by atoms with Crippen LogP contribution in [0, 0.1) is 32.1 Å². The summed E-state index contributed by atoms with van der Waals surface area (Å²) in [6, 6.07) is 16.8. The van der Waals surface area contributed by atoms with Gasteiger partial charge in [0.2, 0.25) is 0 Å². The van der Waals surface area contributed by atoms with Crippen LogP contribution in [0.5, 0.6) is 5.75 Å². The number of hydrogen-bond acceptors (Lipinski definition) is 3. The molecule has 0 saturated heterocycles. The molecule has 3 aromatic rings. The van der Waals surface area contributed by atoms with Gasteiger partial charge in [0.15, 0.2) is 0 Å². The molecule has 0 spiro atoms. The van der Waals surface area contributed by atoms with E-state index < -0.39 is 5.91 Å². The molecule has 0 atom stereocenters. The molecular weight excluding hydrogens is 410 g/mol. The third-order valence-electron chi connectivity index (χ3n) is 4.95. The van der Waals surface area contributed by atoms with Crippen LogP contribution in [0.4, 0.5) is 5.69 Å². The maximum absolute atomic E-state index is 12.7. The fourth-order valence-electron chi connectivity index (χ4n) is 3.46. The zero-order valence-electron chi connectivity index (χ0n) is 18.0. The summed E-state index contributed by atoms with van der Waals surface area (Å²) in [7, 11) is 0. The van der Waals surface area contributed by atoms with E-state index in [2.05, 4.69) is 9.88 Å². The first-order chi connectivity index (χ1) is 14.8.